The van der Waals surface area contributed by atoms with Crippen LogP contribution in [-0.2, 0) is 6.61 Å². The van der Waals surface area contributed by atoms with Crippen LogP contribution in [0.3, 0.4) is 0 Å². The van der Waals surface area contributed by atoms with Crippen molar-refractivity contribution in [3.05, 3.63) is 141 Å². The number of nitrogens with one attached hydrogen (secondary N) is 1. The molecule has 214 valence electrons. The van der Waals surface area contributed by atoms with Gasteiger partial charge in [0.1, 0.15) is 6.61 Å². The van der Waals surface area contributed by atoms with Crippen molar-refractivity contribution in [3.8, 4) is 11.5 Å². The number of allylic oxidation sites excluding steroid dienone is 2. The van der Waals surface area contributed by atoms with Gasteiger partial charge >= 0.3 is 0 Å². The van der Waals surface area contributed by atoms with Gasteiger partial charge < -0.3 is 14.8 Å². The first-order valence-corrected chi connectivity index (χ1v) is 15.8. The first kappa shape index (κ1) is 27.7. The largest absolute Gasteiger partial charge is 0.493 e. The maximum Gasteiger partial charge on any atom is 0.174 e. The predicted molar refractivity (Wildman–Crippen MR) is 185 cm³/mol. The Balaban J connectivity index is 1.07. The number of anilines is 1. The molecule has 0 amide bonds. The maximum atomic E-state index is 6.31. The normalized spacial score (nSPS) is 18.8. The number of hydrogen-bond donors (Lipinski definition) is 1. The summed E-state index contributed by atoms with van der Waals surface area (Å²) in [7, 11) is 1.68. The van der Waals surface area contributed by atoms with Crippen molar-refractivity contribution in [1.29, 1.82) is 0 Å². The second kappa shape index (κ2) is 11.9. The molecule has 0 fully saturated rings. The number of aliphatic imine (C=N–C) groups is 1. The van der Waals surface area contributed by atoms with Crippen molar-refractivity contribution in [2.45, 2.75) is 31.9 Å². The van der Waals surface area contributed by atoms with Crippen molar-refractivity contribution in [3.63, 3.8) is 0 Å². The van der Waals surface area contributed by atoms with E-state index < -0.39 is 0 Å². The number of rotatable bonds is 7. The van der Waals surface area contributed by atoms with Gasteiger partial charge in [-0.1, -0.05) is 84.4 Å². The molecule has 5 aromatic carbocycles. The molecule has 5 heteroatoms. The summed E-state index contributed by atoms with van der Waals surface area (Å²) < 4.78 is 13.0. The van der Waals surface area contributed by atoms with E-state index in [1.54, 1.807) is 7.11 Å². The van der Waals surface area contributed by atoms with Gasteiger partial charge in [-0.3, -0.25) is 4.99 Å². The molecule has 0 unspecified atom stereocenters. The number of halogens is 1. The molecule has 1 aliphatic heterocycles. The Morgan fingerprint density at radius 2 is 1.79 bits per heavy atom. The molecule has 4 nitrogen and oxygen atoms in total. The van der Waals surface area contributed by atoms with E-state index in [0.717, 1.165) is 32.6 Å². The van der Waals surface area contributed by atoms with Crippen molar-refractivity contribution in [1.82, 2.24) is 0 Å². The Morgan fingerprint density at radius 3 is 2.65 bits per heavy atom. The summed E-state index contributed by atoms with van der Waals surface area (Å²) >= 11 is 2.31. The molecule has 1 N–H and O–H groups in total. The molecule has 3 atom stereocenters. The van der Waals surface area contributed by atoms with E-state index in [9.17, 15) is 0 Å². The fraction of sp³-hybridized carbons (Fsp3) is 0.184. The highest BCUT2D eigenvalue weighted by Gasteiger charge is 2.37. The van der Waals surface area contributed by atoms with E-state index in [2.05, 4.69) is 138 Å². The van der Waals surface area contributed by atoms with E-state index in [-0.39, 0.29) is 6.04 Å². The van der Waals surface area contributed by atoms with Gasteiger partial charge in [0.2, 0.25) is 0 Å². The molecule has 2 aliphatic rings. The minimum absolute atomic E-state index is 0.278. The van der Waals surface area contributed by atoms with E-state index >= 15 is 0 Å². The second-order valence-corrected chi connectivity index (χ2v) is 12.5. The number of fused-ring (bicyclic) bond motifs is 4. The van der Waals surface area contributed by atoms with Gasteiger partial charge in [0.05, 0.1) is 22.4 Å². The Labute approximate surface area is 266 Å². The Bertz CT molecular complexity index is 1860. The van der Waals surface area contributed by atoms with E-state index in [4.69, 9.17) is 14.5 Å². The quantitative estimate of drug-likeness (QED) is 0.106. The van der Waals surface area contributed by atoms with Crippen LogP contribution in [0, 0.1) is 16.4 Å². The lowest BCUT2D eigenvalue weighted by Crippen LogP contribution is -2.29. The Hall–Kier alpha value is -4.10. The lowest BCUT2D eigenvalue weighted by molar-refractivity contribution is 0.283. The van der Waals surface area contributed by atoms with Gasteiger partial charge in [-0.05, 0) is 105 Å². The van der Waals surface area contributed by atoms with Gasteiger partial charge in [-0.15, -0.1) is 0 Å². The zero-order chi connectivity index (χ0) is 29.3. The number of nitrogens with zero attached hydrogens (tertiary/aromatic N) is 1. The molecule has 5 aromatic rings. The number of aryl methyl sites for hydroxylation is 1. The summed E-state index contributed by atoms with van der Waals surface area (Å²) in [6, 6.07) is 34.4. The highest BCUT2D eigenvalue weighted by Crippen LogP contribution is 2.50. The fourth-order valence-corrected chi connectivity index (χ4v) is 7.26. The third-order valence-electron chi connectivity index (χ3n) is 8.64. The molecule has 0 saturated carbocycles. The zero-order valence-corrected chi connectivity index (χ0v) is 26.4. The molecule has 1 heterocycles. The molecule has 7 rings (SSSR count). The molecular weight excluding hydrogens is 643 g/mol. The number of methoxy groups -OCH3 is 1. The molecule has 0 spiro atoms. The number of ether oxygens (including phenoxy) is 2. The zero-order valence-electron chi connectivity index (χ0n) is 24.3. The summed E-state index contributed by atoms with van der Waals surface area (Å²) in [5.74, 6) is 2.44. The molecule has 43 heavy (non-hydrogen) atoms. The van der Waals surface area contributed by atoms with Crippen LogP contribution < -0.4 is 14.8 Å². The number of benzene rings is 5. The molecule has 0 bridgehead atoms. The average molecular weight is 677 g/mol. The van der Waals surface area contributed by atoms with Crippen LogP contribution in [0.5, 0.6) is 11.5 Å². The lowest BCUT2D eigenvalue weighted by Gasteiger charge is -2.37. The first-order valence-electron chi connectivity index (χ1n) is 14.7. The monoisotopic (exact) mass is 676 g/mol. The summed E-state index contributed by atoms with van der Waals surface area (Å²) in [5, 5.41) is 6.25. The summed E-state index contributed by atoms with van der Waals surface area (Å²) in [4.78, 5) is 4.79. The van der Waals surface area contributed by atoms with Crippen LogP contribution in [0.1, 0.15) is 46.2 Å². The standard InChI is InChI=1S/C38H33IN2O2/c1-24-13-18-35-33(19-24)31-11-6-12-32(31)37(41-35)27-14-16-29(17-15-27)40-22-25-20-34(39)38(36(21-25)42-2)43-23-28-9-5-8-26-7-3-4-10-30(26)28/h3-11,13-22,31-32,37,41H,12,23H2,1-2H3/t31-,32+,37+/m1/s1. The molecule has 0 aromatic heterocycles. The highest BCUT2D eigenvalue weighted by atomic mass is 127. The van der Waals surface area contributed by atoms with Gasteiger partial charge in [-0.2, -0.15) is 0 Å². The molecular formula is C38H33IN2O2. The van der Waals surface area contributed by atoms with Crippen LogP contribution in [0.2, 0.25) is 0 Å². The van der Waals surface area contributed by atoms with Crippen molar-refractivity contribution >= 4 is 51.0 Å². The Kier molecular flexibility index (Phi) is 7.66. The van der Waals surface area contributed by atoms with Gasteiger partial charge in [0, 0.05) is 17.8 Å². The van der Waals surface area contributed by atoms with E-state index in [1.807, 2.05) is 12.3 Å². The number of hydrogen-bond acceptors (Lipinski definition) is 4. The molecule has 0 radical (unpaired) electrons. The van der Waals surface area contributed by atoms with Crippen LogP contribution in [-0.4, -0.2) is 13.3 Å². The minimum atomic E-state index is 0.278. The summed E-state index contributed by atoms with van der Waals surface area (Å²) in [6.07, 6.45) is 7.72. The van der Waals surface area contributed by atoms with E-state index in [0.29, 0.717) is 24.2 Å². The topological polar surface area (TPSA) is 42.8 Å². The Morgan fingerprint density at radius 1 is 0.953 bits per heavy atom. The predicted octanol–water partition coefficient (Wildman–Crippen LogP) is 9.92. The SMILES string of the molecule is COc1cc(C=Nc2ccc([C@@H]3Nc4ccc(C)cc4[C@@H]4C=CC[C@@H]43)cc2)cc(I)c1OCc1cccc2ccccc12. The van der Waals surface area contributed by atoms with Gasteiger partial charge in [0.15, 0.2) is 11.5 Å². The smallest absolute Gasteiger partial charge is 0.174 e. The van der Waals surface area contributed by atoms with Crippen molar-refractivity contribution in [2.24, 2.45) is 10.9 Å². The first-order chi connectivity index (χ1) is 21.1. The van der Waals surface area contributed by atoms with Crippen LogP contribution in [0.25, 0.3) is 10.8 Å². The van der Waals surface area contributed by atoms with Crippen molar-refractivity contribution < 1.29 is 9.47 Å². The van der Waals surface area contributed by atoms with E-state index in [1.165, 1.54) is 33.2 Å². The lowest BCUT2D eigenvalue weighted by atomic mass is 9.76. The van der Waals surface area contributed by atoms with Gasteiger partial charge in [0.25, 0.3) is 0 Å². The van der Waals surface area contributed by atoms with Crippen LogP contribution in [0.15, 0.2) is 114 Å². The summed E-state index contributed by atoms with van der Waals surface area (Å²) in [6.45, 7) is 2.64. The third kappa shape index (κ3) is 5.54. The summed E-state index contributed by atoms with van der Waals surface area (Å²) in [5.41, 5.74) is 8.31. The highest BCUT2D eigenvalue weighted by molar-refractivity contribution is 14.1. The third-order valence-corrected chi connectivity index (χ3v) is 9.44. The molecule has 1 aliphatic carbocycles. The molecule has 0 saturated heterocycles. The van der Waals surface area contributed by atoms with Crippen molar-refractivity contribution in [2.75, 3.05) is 12.4 Å². The average Bonchev–Trinajstić information content (AvgIpc) is 3.54. The fourth-order valence-electron chi connectivity index (χ4n) is 6.48. The minimum Gasteiger partial charge on any atom is -0.493 e. The van der Waals surface area contributed by atoms with Crippen LogP contribution in [0.4, 0.5) is 11.4 Å². The maximum absolute atomic E-state index is 6.31. The van der Waals surface area contributed by atoms with Crippen LogP contribution >= 0.6 is 22.6 Å². The second-order valence-electron chi connectivity index (χ2n) is 11.4. The van der Waals surface area contributed by atoms with Gasteiger partial charge in [-0.25, -0.2) is 0 Å².